The molecule has 88 valence electrons. The van der Waals surface area contributed by atoms with Gasteiger partial charge in [-0.2, -0.15) is 5.10 Å². The summed E-state index contributed by atoms with van der Waals surface area (Å²) in [5, 5.41) is 11.2. The molecule has 2 rings (SSSR count). The van der Waals surface area contributed by atoms with Crippen LogP contribution >= 0.6 is 0 Å². The number of hydrogen-bond acceptors (Lipinski definition) is 5. The van der Waals surface area contributed by atoms with Gasteiger partial charge in [0.15, 0.2) is 0 Å². The van der Waals surface area contributed by atoms with Gasteiger partial charge in [-0.25, -0.2) is 4.98 Å². The molecule has 0 unspecified atom stereocenters. The fourth-order valence-corrected chi connectivity index (χ4v) is 1.36. The van der Waals surface area contributed by atoms with Crippen LogP contribution in [0, 0.1) is 6.92 Å². The Hall–Kier alpha value is -2.17. The molecule has 0 amide bonds. The molecule has 0 saturated carbocycles. The van der Waals surface area contributed by atoms with Crippen molar-refractivity contribution in [1.29, 1.82) is 0 Å². The van der Waals surface area contributed by atoms with Crippen molar-refractivity contribution in [3.63, 3.8) is 0 Å². The van der Waals surface area contributed by atoms with Crippen molar-refractivity contribution in [1.82, 2.24) is 15.2 Å². The van der Waals surface area contributed by atoms with Crippen molar-refractivity contribution in [2.75, 3.05) is 12.4 Å². The third-order valence-corrected chi connectivity index (χ3v) is 2.28. The molecule has 0 aliphatic carbocycles. The topological polar surface area (TPSA) is 59.9 Å². The van der Waals surface area contributed by atoms with Crippen LogP contribution in [0.4, 0.5) is 5.82 Å². The highest BCUT2D eigenvalue weighted by Crippen LogP contribution is 2.10. The van der Waals surface area contributed by atoms with E-state index in [-0.39, 0.29) is 0 Å². The number of methoxy groups -OCH3 is 1. The average Bonchev–Trinajstić information content (AvgIpc) is 2.38. The molecule has 2 aromatic rings. The van der Waals surface area contributed by atoms with E-state index in [0.717, 1.165) is 17.1 Å². The van der Waals surface area contributed by atoms with Gasteiger partial charge in [0.05, 0.1) is 12.8 Å². The van der Waals surface area contributed by atoms with E-state index >= 15 is 0 Å². The summed E-state index contributed by atoms with van der Waals surface area (Å²) >= 11 is 0. The Morgan fingerprint density at radius 1 is 1.24 bits per heavy atom. The number of nitrogens with zero attached hydrogens (tertiary/aromatic N) is 3. The first-order valence-corrected chi connectivity index (χ1v) is 5.31. The maximum absolute atomic E-state index is 5.06. The van der Waals surface area contributed by atoms with Gasteiger partial charge in [0, 0.05) is 18.8 Å². The van der Waals surface area contributed by atoms with E-state index < -0.39 is 0 Å². The Balaban J connectivity index is 1.99. The molecule has 17 heavy (non-hydrogen) atoms. The maximum Gasteiger partial charge on any atom is 0.213 e. The molecule has 2 aromatic heterocycles. The predicted octanol–water partition coefficient (Wildman–Crippen LogP) is 1.80. The van der Waals surface area contributed by atoms with E-state index in [0.29, 0.717) is 12.4 Å². The molecular formula is C12H14N4O. The van der Waals surface area contributed by atoms with Crippen molar-refractivity contribution in [3.05, 3.63) is 41.7 Å². The number of aromatic nitrogens is 3. The van der Waals surface area contributed by atoms with Crippen molar-refractivity contribution in [2.45, 2.75) is 13.5 Å². The number of pyridine rings is 1. The molecule has 0 bridgehead atoms. The van der Waals surface area contributed by atoms with Gasteiger partial charge in [-0.3, -0.25) is 0 Å². The number of hydrogen-bond donors (Lipinski definition) is 1. The van der Waals surface area contributed by atoms with Crippen LogP contribution in [-0.2, 0) is 6.54 Å². The van der Waals surface area contributed by atoms with Crippen LogP contribution in [0.3, 0.4) is 0 Å². The zero-order valence-corrected chi connectivity index (χ0v) is 9.84. The highest BCUT2D eigenvalue weighted by atomic mass is 16.5. The van der Waals surface area contributed by atoms with E-state index in [9.17, 15) is 0 Å². The lowest BCUT2D eigenvalue weighted by Crippen LogP contribution is -2.03. The normalized spacial score (nSPS) is 10.0. The summed E-state index contributed by atoms with van der Waals surface area (Å²) in [7, 11) is 1.60. The molecule has 0 aromatic carbocycles. The second kappa shape index (κ2) is 5.25. The molecule has 0 aliphatic heterocycles. The summed E-state index contributed by atoms with van der Waals surface area (Å²) < 4.78 is 5.06. The fraction of sp³-hybridized carbons (Fsp3) is 0.250. The molecule has 0 radical (unpaired) electrons. The van der Waals surface area contributed by atoms with Gasteiger partial charge in [-0.05, 0) is 30.7 Å². The molecule has 2 heterocycles. The SMILES string of the molecule is COc1cc(CNc2ccc(C)nn2)ccn1. The summed E-state index contributed by atoms with van der Waals surface area (Å²) in [5.41, 5.74) is 1.99. The fourth-order valence-electron chi connectivity index (χ4n) is 1.36. The summed E-state index contributed by atoms with van der Waals surface area (Å²) in [4.78, 5) is 4.05. The van der Waals surface area contributed by atoms with Gasteiger partial charge in [0.1, 0.15) is 5.82 Å². The minimum absolute atomic E-state index is 0.610. The monoisotopic (exact) mass is 230 g/mol. The molecule has 0 aliphatic rings. The van der Waals surface area contributed by atoms with Crippen LogP contribution in [0.15, 0.2) is 30.5 Å². The van der Waals surface area contributed by atoms with E-state index in [1.165, 1.54) is 0 Å². The van der Waals surface area contributed by atoms with Gasteiger partial charge in [0.25, 0.3) is 0 Å². The maximum atomic E-state index is 5.06. The van der Waals surface area contributed by atoms with Crippen LogP contribution in [0.5, 0.6) is 5.88 Å². The van der Waals surface area contributed by atoms with Crippen molar-refractivity contribution in [3.8, 4) is 5.88 Å². The third kappa shape index (κ3) is 3.14. The molecular weight excluding hydrogens is 216 g/mol. The number of ether oxygens (including phenoxy) is 1. The molecule has 5 nitrogen and oxygen atoms in total. The molecule has 0 saturated heterocycles. The molecule has 0 atom stereocenters. The van der Waals surface area contributed by atoms with Crippen molar-refractivity contribution in [2.24, 2.45) is 0 Å². The molecule has 1 N–H and O–H groups in total. The number of rotatable bonds is 4. The van der Waals surface area contributed by atoms with Crippen molar-refractivity contribution < 1.29 is 4.74 Å². The number of aryl methyl sites for hydroxylation is 1. The van der Waals surface area contributed by atoms with Crippen LogP contribution in [0.25, 0.3) is 0 Å². The van der Waals surface area contributed by atoms with Crippen LogP contribution in [0.2, 0.25) is 0 Å². The van der Waals surface area contributed by atoms with Gasteiger partial charge in [-0.15, -0.1) is 5.10 Å². The van der Waals surface area contributed by atoms with Crippen LogP contribution in [0.1, 0.15) is 11.3 Å². The highest BCUT2D eigenvalue weighted by molar-refractivity contribution is 5.34. The minimum Gasteiger partial charge on any atom is -0.481 e. The molecule has 5 heteroatoms. The summed E-state index contributed by atoms with van der Waals surface area (Å²) in [6.45, 7) is 2.57. The Kier molecular flexibility index (Phi) is 3.49. The smallest absolute Gasteiger partial charge is 0.213 e. The van der Waals surface area contributed by atoms with Gasteiger partial charge in [0.2, 0.25) is 5.88 Å². The average molecular weight is 230 g/mol. The van der Waals surface area contributed by atoms with Gasteiger partial charge >= 0.3 is 0 Å². The van der Waals surface area contributed by atoms with E-state index in [1.54, 1.807) is 13.3 Å². The first kappa shape index (κ1) is 11.3. The lowest BCUT2D eigenvalue weighted by molar-refractivity contribution is 0.397. The van der Waals surface area contributed by atoms with Crippen LogP contribution < -0.4 is 10.1 Å². The summed E-state index contributed by atoms with van der Waals surface area (Å²) in [6.07, 6.45) is 1.72. The van der Waals surface area contributed by atoms with Gasteiger partial charge in [-0.1, -0.05) is 0 Å². The number of anilines is 1. The van der Waals surface area contributed by atoms with E-state index in [1.807, 2.05) is 31.2 Å². The second-order valence-corrected chi connectivity index (χ2v) is 3.62. The predicted molar refractivity (Wildman–Crippen MR) is 64.9 cm³/mol. The summed E-state index contributed by atoms with van der Waals surface area (Å²) in [5.74, 6) is 1.37. The largest absolute Gasteiger partial charge is 0.481 e. The molecule has 0 fully saturated rings. The van der Waals surface area contributed by atoms with E-state index in [4.69, 9.17) is 4.74 Å². The minimum atomic E-state index is 0.610. The first-order valence-electron chi connectivity index (χ1n) is 5.31. The van der Waals surface area contributed by atoms with Crippen LogP contribution in [-0.4, -0.2) is 22.3 Å². The van der Waals surface area contributed by atoms with E-state index in [2.05, 4.69) is 20.5 Å². The quantitative estimate of drug-likeness (QED) is 0.867. The lowest BCUT2D eigenvalue weighted by Gasteiger charge is -2.06. The lowest BCUT2D eigenvalue weighted by atomic mass is 10.2. The summed E-state index contributed by atoms with van der Waals surface area (Å²) in [6, 6.07) is 7.63. The van der Waals surface area contributed by atoms with Gasteiger partial charge < -0.3 is 10.1 Å². The second-order valence-electron chi connectivity index (χ2n) is 3.62. The number of nitrogens with one attached hydrogen (secondary N) is 1. The third-order valence-electron chi connectivity index (χ3n) is 2.28. The Morgan fingerprint density at radius 3 is 2.82 bits per heavy atom. The first-order chi connectivity index (χ1) is 8.28. The zero-order chi connectivity index (χ0) is 12.1. The molecule has 0 spiro atoms. The highest BCUT2D eigenvalue weighted by Gasteiger charge is 1.98. The van der Waals surface area contributed by atoms with Crippen molar-refractivity contribution >= 4 is 5.82 Å². The zero-order valence-electron chi connectivity index (χ0n) is 9.84. The Bertz CT molecular complexity index is 484. The Labute approximate surface area is 99.9 Å². The Morgan fingerprint density at radius 2 is 2.12 bits per heavy atom. The standard InChI is InChI=1S/C12H14N4O/c1-9-3-4-11(16-15-9)14-8-10-5-6-13-12(7-10)17-2/h3-7H,8H2,1-2H3,(H,14,16).